The van der Waals surface area contributed by atoms with Crippen molar-refractivity contribution in [2.45, 2.75) is 32.6 Å². The summed E-state index contributed by atoms with van der Waals surface area (Å²) in [6.45, 7) is 3.79. The molecule has 0 atom stereocenters. The number of esters is 1. The van der Waals surface area contributed by atoms with Crippen molar-refractivity contribution in [2.24, 2.45) is 0 Å². The van der Waals surface area contributed by atoms with Crippen LogP contribution in [0.25, 0.3) is 11.0 Å². The molecule has 2 aromatic rings. The van der Waals surface area contributed by atoms with Gasteiger partial charge in [0, 0.05) is 0 Å². The third-order valence-corrected chi connectivity index (χ3v) is 3.52. The minimum Gasteiger partial charge on any atom is -0.462 e. The van der Waals surface area contributed by atoms with Gasteiger partial charge in [0.05, 0.1) is 23.2 Å². The Morgan fingerprint density at radius 3 is 2.85 bits per heavy atom. The molecule has 1 aliphatic carbocycles. The Kier molecular flexibility index (Phi) is 3.04. The average Bonchev–Trinajstić information content (AvgIpc) is 3.23. The first kappa shape index (κ1) is 12.8. The molecule has 1 N–H and O–H groups in total. The Morgan fingerprint density at radius 1 is 1.45 bits per heavy atom. The molecule has 1 heterocycles. The Balaban J connectivity index is 2.22. The summed E-state index contributed by atoms with van der Waals surface area (Å²) in [4.78, 5) is 30.8. The average molecular weight is 272 g/mol. The van der Waals surface area contributed by atoms with Gasteiger partial charge in [-0.05, 0) is 50.3 Å². The fraction of sp³-hybridized carbons (Fsp3) is 0.400. The molecular formula is C15H16N2O3. The number of aromatic amines is 1. The number of aromatic nitrogens is 2. The lowest BCUT2D eigenvalue weighted by atomic mass is 10.0. The molecule has 3 rings (SSSR count). The third-order valence-electron chi connectivity index (χ3n) is 3.52. The van der Waals surface area contributed by atoms with Gasteiger partial charge in [-0.1, -0.05) is 0 Å². The maximum Gasteiger partial charge on any atom is 0.338 e. The first-order valence-corrected chi connectivity index (χ1v) is 6.82. The van der Waals surface area contributed by atoms with Crippen molar-refractivity contribution in [3.05, 3.63) is 39.3 Å². The molecule has 0 spiro atoms. The van der Waals surface area contributed by atoms with Gasteiger partial charge in [0.25, 0.3) is 5.56 Å². The van der Waals surface area contributed by atoms with E-state index in [1.807, 2.05) is 6.07 Å². The Hall–Kier alpha value is -2.17. The predicted molar refractivity (Wildman–Crippen MR) is 75.0 cm³/mol. The minimum atomic E-state index is -0.363. The van der Waals surface area contributed by atoms with Crippen molar-refractivity contribution in [3.8, 4) is 0 Å². The predicted octanol–water partition coefficient (Wildman–Crippen LogP) is 2.29. The van der Waals surface area contributed by atoms with Crippen LogP contribution in [0.1, 0.15) is 47.3 Å². The summed E-state index contributed by atoms with van der Waals surface area (Å²) in [5.41, 5.74) is 3.13. The molecule has 5 nitrogen and oxygen atoms in total. The van der Waals surface area contributed by atoms with Gasteiger partial charge in [-0.2, -0.15) is 0 Å². The SMILES string of the molecule is CCOC(=O)c1cc(C2CC2)c2nc(C)c(=O)[nH]c2c1. The maximum atomic E-state index is 11.9. The zero-order valence-electron chi connectivity index (χ0n) is 11.5. The van der Waals surface area contributed by atoms with Gasteiger partial charge >= 0.3 is 5.97 Å². The van der Waals surface area contributed by atoms with Crippen LogP contribution in [0.4, 0.5) is 0 Å². The fourth-order valence-electron chi connectivity index (χ4n) is 2.35. The second-order valence-corrected chi connectivity index (χ2v) is 5.11. The summed E-state index contributed by atoms with van der Waals surface area (Å²) in [6.07, 6.45) is 2.20. The topological polar surface area (TPSA) is 72.0 Å². The number of hydrogen-bond acceptors (Lipinski definition) is 4. The van der Waals surface area contributed by atoms with Gasteiger partial charge in [0.1, 0.15) is 5.69 Å². The molecule has 1 saturated carbocycles. The quantitative estimate of drug-likeness (QED) is 0.870. The number of nitrogens with zero attached hydrogens (tertiary/aromatic N) is 1. The molecule has 0 unspecified atom stereocenters. The van der Waals surface area contributed by atoms with Gasteiger partial charge in [-0.25, -0.2) is 9.78 Å². The molecule has 0 bridgehead atoms. The highest BCUT2D eigenvalue weighted by Gasteiger charge is 2.27. The standard InChI is InChI=1S/C15H16N2O3/c1-3-20-15(19)10-6-11(9-4-5-9)13-12(7-10)17-14(18)8(2)16-13/h6-7,9H,3-5H2,1-2H3,(H,17,18). The molecule has 0 saturated heterocycles. The summed E-state index contributed by atoms with van der Waals surface area (Å²) in [5.74, 6) is 0.0717. The van der Waals surface area contributed by atoms with Crippen molar-refractivity contribution < 1.29 is 9.53 Å². The van der Waals surface area contributed by atoms with Crippen LogP contribution in [0.3, 0.4) is 0 Å². The second-order valence-electron chi connectivity index (χ2n) is 5.11. The number of hydrogen-bond donors (Lipinski definition) is 1. The van der Waals surface area contributed by atoms with Gasteiger partial charge < -0.3 is 9.72 Å². The molecule has 1 aromatic carbocycles. The number of rotatable bonds is 3. The van der Waals surface area contributed by atoms with Crippen LogP contribution >= 0.6 is 0 Å². The maximum absolute atomic E-state index is 11.9. The number of aryl methyl sites for hydroxylation is 1. The molecule has 0 radical (unpaired) electrons. The van der Waals surface area contributed by atoms with E-state index in [4.69, 9.17) is 4.74 Å². The summed E-state index contributed by atoms with van der Waals surface area (Å²) < 4.78 is 5.03. The second kappa shape index (κ2) is 4.74. The Labute approximate surface area is 116 Å². The van der Waals surface area contributed by atoms with Crippen molar-refractivity contribution in [2.75, 3.05) is 6.61 Å². The van der Waals surface area contributed by atoms with Gasteiger partial charge in [-0.15, -0.1) is 0 Å². The van der Waals surface area contributed by atoms with E-state index in [2.05, 4.69) is 9.97 Å². The molecular weight excluding hydrogens is 256 g/mol. The number of carbonyl (C=O) groups excluding carboxylic acids is 1. The number of carbonyl (C=O) groups is 1. The van der Waals surface area contributed by atoms with E-state index in [1.165, 1.54) is 0 Å². The largest absolute Gasteiger partial charge is 0.462 e. The van der Waals surface area contributed by atoms with E-state index >= 15 is 0 Å². The number of nitrogens with one attached hydrogen (secondary N) is 1. The zero-order valence-corrected chi connectivity index (χ0v) is 11.5. The summed E-state index contributed by atoms with van der Waals surface area (Å²) in [6, 6.07) is 3.50. The van der Waals surface area contributed by atoms with Crippen molar-refractivity contribution >= 4 is 17.0 Å². The van der Waals surface area contributed by atoms with Crippen molar-refractivity contribution in [1.29, 1.82) is 0 Å². The number of benzene rings is 1. The first-order valence-electron chi connectivity index (χ1n) is 6.82. The van der Waals surface area contributed by atoms with Crippen LogP contribution in [0, 0.1) is 6.92 Å². The van der Waals surface area contributed by atoms with Crippen LogP contribution in [-0.4, -0.2) is 22.5 Å². The van der Waals surface area contributed by atoms with Gasteiger partial charge in [0.15, 0.2) is 0 Å². The third kappa shape index (κ3) is 2.19. The highest BCUT2D eigenvalue weighted by molar-refractivity contribution is 5.95. The van der Waals surface area contributed by atoms with E-state index in [9.17, 15) is 9.59 Å². The van der Waals surface area contributed by atoms with Crippen LogP contribution in [0.5, 0.6) is 0 Å². The molecule has 1 aliphatic rings. The van der Waals surface area contributed by atoms with E-state index in [-0.39, 0.29) is 11.5 Å². The molecule has 1 aromatic heterocycles. The normalized spacial score (nSPS) is 14.5. The molecule has 0 amide bonds. The van der Waals surface area contributed by atoms with Crippen molar-refractivity contribution in [3.63, 3.8) is 0 Å². The lowest BCUT2D eigenvalue weighted by Crippen LogP contribution is -2.13. The smallest absolute Gasteiger partial charge is 0.338 e. The van der Waals surface area contributed by atoms with Gasteiger partial charge in [-0.3, -0.25) is 4.79 Å². The number of ether oxygens (including phenoxy) is 1. The van der Waals surface area contributed by atoms with E-state index in [0.717, 1.165) is 23.9 Å². The van der Waals surface area contributed by atoms with Crippen molar-refractivity contribution in [1.82, 2.24) is 9.97 Å². The summed E-state index contributed by atoms with van der Waals surface area (Å²) in [5, 5.41) is 0. The van der Waals surface area contributed by atoms with E-state index in [1.54, 1.807) is 19.9 Å². The van der Waals surface area contributed by atoms with E-state index < -0.39 is 0 Å². The van der Waals surface area contributed by atoms with E-state index in [0.29, 0.717) is 29.3 Å². The summed E-state index contributed by atoms with van der Waals surface area (Å²) >= 11 is 0. The van der Waals surface area contributed by atoms with Crippen LogP contribution < -0.4 is 5.56 Å². The van der Waals surface area contributed by atoms with Crippen LogP contribution in [0.15, 0.2) is 16.9 Å². The summed E-state index contributed by atoms with van der Waals surface area (Å²) in [7, 11) is 0. The minimum absolute atomic E-state index is 0.222. The molecule has 5 heteroatoms. The van der Waals surface area contributed by atoms with Gasteiger partial charge in [0.2, 0.25) is 0 Å². The van der Waals surface area contributed by atoms with Crippen LogP contribution in [-0.2, 0) is 4.74 Å². The lowest BCUT2D eigenvalue weighted by Gasteiger charge is -2.09. The molecule has 0 aliphatic heterocycles. The molecule has 1 fully saturated rings. The Morgan fingerprint density at radius 2 is 2.20 bits per heavy atom. The molecule has 104 valence electrons. The zero-order chi connectivity index (χ0) is 14.3. The fourth-order valence-corrected chi connectivity index (χ4v) is 2.35. The number of H-pyrrole nitrogens is 1. The lowest BCUT2D eigenvalue weighted by molar-refractivity contribution is 0.0526. The molecule has 20 heavy (non-hydrogen) atoms. The highest BCUT2D eigenvalue weighted by Crippen LogP contribution is 2.42. The van der Waals surface area contributed by atoms with Crippen LogP contribution in [0.2, 0.25) is 0 Å². The Bertz CT molecular complexity index is 745. The monoisotopic (exact) mass is 272 g/mol. The first-order chi connectivity index (χ1) is 9.60. The number of fused-ring (bicyclic) bond motifs is 1. The highest BCUT2D eigenvalue weighted by atomic mass is 16.5.